The lowest BCUT2D eigenvalue weighted by Gasteiger charge is -2.08. The van der Waals surface area contributed by atoms with E-state index in [0.29, 0.717) is 12.1 Å². The molecule has 0 bridgehead atoms. The Kier molecular flexibility index (Phi) is 3.35. The summed E-state index contributed by atoms with van der Waals surface area (Å²) in [5.41, 5.74) is 2.21. The number of nitrogens with zero attached hydrogens (tertiary/aromatic N) is 2. The second-order valence-corrected chi connectivity index (χ2v) is 2.74. The summed E-state index contributed by atoms with van der Waals surface area (Å²) in [4.78, 5) is 18.4. The van der Waals surface area contributed by atoms with E-state index >= 15 is 0 Å². The molecule has 6 heteroatoms. The maximum Gasteiger partial charge on any atom is 0.312 e. The van der Waals surface area contributed by atoms with Crippen LogP contribution in [0.3, 0.4) is 0 Å². The van der Waals surface area contributed by atoms with Crippen LogP contribution in [0.2, 0.25) is 0 Å². The van der Waals surface area contributed by atoms with Crippen molar-refractivity contribution in [2.45, 2.75) is 19.3 Å². The molecule has 1 aromatic heterocycles. The van der Waals surface area contributed by atoms with Crippen LogP contribution in [0.5, 0.6) is 0 Å². The van der Waals surface area contributed by atoms with E-state index in [9.17, 15) is 4.79 Å². The van der Waals surface area contributed by atoms with Gasteiger partial charge in [-0.25, -0.2) is 4.98 Å². The molecule has 1 unspecified atom stereocenters. The van der Waals surface area contributed by atoms with Crippen molar-refractivity contribution in [3.63, 3.8) is 0 Å². The van der Waals surface area contributed by atoms with Crippen LogP contribution in [-0.4, -0.2) is 26.3 Å². The van der Waals surface area contributed by atoms with Crippen LogP contribution in [-0.2, 0) is 4.79 Å². The molecule has 0 saturated carbocycles. The molecular formula is C8H11N3O3. The maximum atomic E-state index is 10.8. The zero-order valence-electron chi connectivity index (χ0n) is 7.64. The molecule has 3 N–H and O–H groups in total. The largest absolute Gasteiger partial charge is 0.481 e. The highest BCUT2D eigenvalue weighted by Crippen LogP contribution is 2.16. The first kappa shape index (κ1) is 10.4. The third-order valence-electron chi connectivity index (χ3n) is 1.85. The van der Waals surface area contributed by atoms with Gasteiger partial charge in [0, 0.05) is 0 Å². The van der Waals surface area contributed by atoms with Gasteiger partial charge in [0.15, 0.2) is 5.82 Å². The van der Waals surface area contributed by atoms with Crippen molar-refractivity contribution in [1.29, 1.82) is 0 Å². The highest BCUT2D eigenvalue weighted by atomic mass is 16.5. The van der Waals surface area contributed by atoms with E-state index in [1.807, 2.05) is 5.48 Å². The summed E-state index contributed by atoms with van der Waals surface area (Å²) in [5, 5.41) is 17.3. The normalized spacial score (nSPS) is 12.1. The fourth-order valence-electron chi connectivity index (χ4n) is 1.09. The number of carboxylic acid groups (broad SMARTS) is 1. The Hall–Kier alpha value is -1.69. The Balaban J connectivity index is 2.89. The Morgan fingerprint density at radius 3 is 2.64 bits per heavy atom. The molecule has 0 amide bonds. The van der Waals surface area contributed by atoms with Gasteiger partial charge >= 0.3 is 5.97 Å². The lowest BCUT2D eigenvalue weighted by atomic mass is 10.0. The van der Waals surface area contributed by atoms with Crippen LogP contribution in [0, 0.1) is 0 Å². The minimum Gasteiger partial charge on any atom is -0.481 e. The number of aromatic nitrogens is 2. The monoisotopic (exact) mass is 197 g/mol. The second kappa shape index (κ2) is 4.52. The number of anilines is 1. The third kappa shape index (κ3) is 2.17. The minimum atomic E-state index is -0.925. The van der Waals surface area contributed by atoms with Crippen molar-refractivity contribution in [1.82, 2.24) is 9.97 Å². The molecule has 0 aliphatic heterocycles. The van der Waals surface area contributed by atoms with Crippen molar-refractivity contribution in [3.05, 3.63) is 18.1 Å². The molecule has 0 aromatic carbocycles. The van der Waals surface area contributed by atoms with Gasteiger partial charge in [0.1, 0.15) is 5.92 Å². The molecule has 6 nitrogen and oxygen atoms in total. The molecule has 1 aromatic rings. The molecule has 0 radical (unpaired) electrons. The van der Waals surface area contributed by atoms with Crippen molar-refractivity contribution < 1.29 is 15.1 Å². The van der Waals surface area contributed by atoms with E-state index in [4.69, 9.17) is 10.3 Å². The Morgan fingerprint density at radius 2 is 2.29 bits per heavy atom. The van der Waals surface area contributed by atoms with Gasteiger partial charge < -0.3 is 5.11 Å². The number of hydrogen-bond donors (Lipinski definition) is 3. The van der Waals surface area contributed by atoms with Crippen LogP contribution in [0.15, 0.2) is 12.4 Å². The summed E-state index contributed by atoms with van der Waals surface area (Å²) in [5.74, 6) is -1.38. The number of carboxylic acids is 1. The van der Waals surface area contributed by atoms with Crippen LogP contribution in [0.4, 0.5) is 5.82 Å². The van der Waals surface area contributed by atoms with E-state index < -0.39 is 11.9 Å². The fraction of sp³-hybridized carbons (Fsp3) is 0.375. The van der Waals surface area contributed by atoms with Gasteiger partial charge in [-0.1, -0.05) is 6.92 Å². The van der Waals surface area contributed by atoms with E-state index in [1.54, 1.807) is 6.92 Å². The molecule has 0 saturated heterocycles. The van der Waals surface area contributed by atoms with Crippen LogP contribution in [0.1, 0.15) is 25.0 Å². The van der Waals surface area contributed by atoms with Crippen LogP contribution < -0.4 is 5.48 Å². The zero-order chi connectivity index (χ0) is 10.6. The lowest BCUT2D eigenvalue weighted by molar-refractivity contribution is -0.138. The summed E-state index contributed by atoms with van der Waals surface area (Å²) in [6.07, 6.45) is 3.07. The van der Waals surface area contributed by atoms with Gasteiger partial charge in [0.2, 0.25) is 0 Å². The molecule has 1 atom stereocenters. The number of carbonyl (C=O) groups is 1. The second-order valence-electron chi connectivity index (χ2n) is 2.74. The topological polar surface area (TPSA) is 95.3 Å². The van der Waals surface area contributed by atoms with Crippen molar-refractivity contribution in [3.8, 4) is 0 Å². The van der Waals surface area contributed by atoms with Gasteiger partial charge in [0.05, 0.1) is 18.1 Å². The van der Waals surface area contributed by atoms with Gasteiger partial charge in [0.25, 0.3) is 0 Å². The quantitative estimate of drug-likeness (QED) is 0.619. The van der Waals surface area contributed by atoms with Gasteiger partial charge in [-0.05, 0) is 6.42 Å². The smallest absolute Gasteiger partial charge is 0.312 e. The summed E-state index contributed by atoms with van der Waals surface area (Å²) >= 11 is 0. The summed E-state index contributed by atoms with van der Waals surface area (Å²) < 4.78 is 0. The first-order valence-corrected chi connectivity index (χ1v) is 4.14. The summed E-state index contributed by atoms with van der Waals surface area (Å²) in [7, 11) is 0. The SMILES string of the molecule is CCC(C(=O)O)c1cnc(NO)cn1. The van der Waals surface area contributed by atoms with Gasteiger partial charge in [-0.15, -0.1) is 0 Å². The molecule has 0 aliphatic rings. The molecule has 0 spiro atoms. The van der Waals surface area contributed by atoms with Crippen LogP contribution in [0.25, 0.3) is 0 Å². The van der Waals surface area contributed by atoms with Gasteiger partial charge in [-0.2, -0.15) is 0 Å². The Bertz CT molecular complexity index is 312. The number of aliphatic carboxylic acids is 1. The van der Waals surface area contributed by atoms with Crippen molar-refractivity contribution in [2.24, 2.45) is 0 Å². The highest BCUT2D eigenvalue weighted by molar-refractivity contribution is 5.75. The fourth-order valence-corrected chi connectivity index (χ4v) is 1.09. The number of rotatable bonds is 4. The van der Waals surface area contributed by atoms with Gasteiger partial charge in [-0.3, -0.25) is 20.5 Å². The molecule has 1 rings (SSSR count). The highest BCUT2D eigenvalue weighted by Gasteiger charge is 2.18. The van der Waals surface area contributed by atoms with Crippen molar-refractivity contribution >= 4 is 11.8 Å². The molecular weight excluding hydrogens is 186 g/mol. The molecule has 0 fully saturated rings. The molecule has 1 heterocycles. The zero-order valence-corrected chi connectivity index (χ0v) is 7.64. The number of hydrogen-bond acceptors (Lipinski definition) is 5. The van der Waals surface area contributed by atoms with E-state index in [-0.39, 0.29) is 5.82 Å². The average molecular weight is 197 g/mol. The first-order valence-electron chi connectivity index (χ1n) is 4.14. The van der Waals surface area contributed by atoms with Crippen LogP contribution >= 0.6 is 0 Å². The standard InChI is InChI=1S/C8H11N3O3/c1-2-5(8(12)13)6-3-10-7(11-14)4-9-6/h3-5,14H,2H2,1H3,(H,10,11)(H,12,13). The number of nitrogens with one attached hydrogen (secondary N) is 1. The Morgan fingerprint density at radius 1 is 1.57 bits per heavy atom. The molecule has 0 aliphatic carbocycles. The summed E-state index contributed by atoms with van der Waals surface area (Å²) in [6.45, 7) is 1.76. The van der Waals surface area contributed by atoms with E-state index in [1.165, 1.54) is 12.4 Å². The van der Waals surface area contributed by atoms with Crippen molar-refractivity contribution in [2.75, 3.05) is 5.48 Å². The average Bonchev–Trinajstić information content (AvgIpc) is 2.19. The minimum absolute atomic E-state index is 0.189. The lowest BCUT2D eigenvalue weighted by Crippen LogP contribution is -2.12. The third-order valence-corrected chi connectivity index (χ3v) is 1.85. The first-order chi connectivity index (χ1) is 6.69. The summed E-state index contributed by atoms with van der Waals surface area (Å²) in [6, 6.07) is 0. The predicted molar refractivity (Wildman–Crippen MR) is 48.1 cm³/mol. The van der Waals surface area contributed by atoms with E-state index in [0.717, 1.165) is 0 Å². The predicted octanol–water partition coefficient (Wildman–Crippen LogP) is 0.856. The molecule has 14 heavy (non-hydrogen) atoms. The molecule has 76 valence electrons. The Labute approximate surface area is 80.6 Å². The van der Waals surface area contributed by atoms with E-state index in [2.05, 4.69) is 9.97 Å². The maximum absolute atomic E-state index is 10.8.